The maximum absolute atomic E-state index is 11.8. The maximum atomic E-state index is 11.8. The van der Waals surface area contributed by atoms with Crippen molar-refractivity contribution < 1.29 is 9.90 Å². The van der Waals surface area contributed by atoms with Gasteiger partial charge in [-0.15, -0.1) is 0 Å². The van der Waals surface area contributed by atoms with Crippen molar-refractivity contribution >= 4 is 5.91 Å². The van der Waals surface area contributed by atoms with Gasteiger partial charge in [-0.2, -0.15) is 0 Å². The molecule has 3 heteroatoms. The van der Waals surface area contributed by atoms with E-state index in [-0.39, 0.29) is 5.91 Å². The van der Waals surface area contributed by atoms with Crippen LogP contribution in [0.5, 0.6) is 0 Å². The first-order valence-corrected chi connectivity index (χ1v) is 6.25. The first-order chi connectivity index (χ1) is 9.22. The van der Waals surface area contributed by atoms with Crippen LogP contribution in [0, 0.1) is 0 Å². The third kappa shape index (κ3) is 3.20. The molecule has 0 heterocycles. The van der Waals surface area contributed by atoms with Crippen molar-refractivity contribution in [1.29, 1.82) is 0 Å². The minimum atomic E-state index is -0.605. The number of aliphatic hydroxyl groups is 1. The van der Waals surface area contributed by atoms with Gasteiger partial charge in [0.05, 0.1) is 6.10 Å². The van der Waals surface area contributed by atoms with Gasteiger partial charge in [0.2, 0.25) is 0 Å². The third-order valence-corrected chi connectivity index (χ3v) is 3.09. The Balaban J connectivity index is 2.22. The van der Waals surface area contributed by atoms with Crippen molar-refractivity contribution in [2.45, 2.75) is 12.5 Å². The highest BCUT2D eigenvalue weighted by atomic mass is 16.3. The highest BCUT2D eigenvalue weighted by Crippen LogP contribution is 2.20. The van der Waals surface area contributed by atoms with Crippen molar-refractivity contribution in [2.24, 2.45) is 0 Å². The SMILES string of the molecule is CNC(=O)c1ccccc1C[C@@H](O)c1ccccc1. The van der Waals surface area contributed by atoms with Crippen LogP contribution in [-0.4, -0.2) is 18.1 Å². The number of amides is 1. The van der Waals surface area contributed by atoms with Crippen molar-refractivity contribution in [3.8, 4) is 0 Å². The van der Waals surface area contributed by atoms with E-state index in [4.69, 9.17) is 0 Å². The van der Waals surface area contributed by atoms with E-state index < -0.39 is 6.10 Å². The maximum Gasteiger partial charge on any atom is 0.251 e. The summed E-state index contributed by atoms with van der Waals surface area (Å²) < 4.78 is 0. The Morgan fingerprint density at radius 2 is 1.74 bits per heavy atom. The number of benzene rings is 2. The van der Waals surface area contributed by atoms with Gasteiger partial charge in [-0.25, -0.2) is 0 Å². The molecular formula is C16H17NO2. The van der Waals surface area contributed by atoms with E-state index in [0.717, 1.165) is 11.1 Å². The van der Waals surface area contributed by atoms with Gasteiger partial charge >= 0.3 is 0 Å². The Kier molecular flexibility index (Phi) is 4.31. The zero-order valence-electron chi connectivity index (χ0n) is 10.8. The molecule has 98 valence electrons. The zero-order valence-corrected chi connectivity index (χ0v) is 10.8. The second-order valence-corrected chi connectivity index (χ2v) is 4.37. The number of rotatable bonds is 4. The van der Waals surface area contributed by atoms with E-state index in [0.29, 0.717) is 12.0 Å². The summed E-state index contributed by atoms with van der Waals surface area (Å²) in [7, 11) is 1.60. The number of hydrogen-bond acceptors (Lipinski definition) is 2. The van der Waals surface area contributed by atoms with Crippen molar-refractivity contribution in [2.75, 3.05) is 7.05 Å². The van der Waals surface area contributed by atoms with E-state index in [9.17, 15) is 9.90 Å². The molecule has 0 aliphatic rings. The van der Waals surface area contributed by atoms with Crippen LogP contribution in [0.25, 0.3) is 0 Å². The predicted molar refractivity (Wildman–Crippen MR) is 74.9 cm³/mol. The van der Waals surface area contributed by atoms with Gasteiger partial charge in [0.1, 0.15) is 0 Å². The fraction of sp³-hybridized carbons (Fsp3) is 0.188. The first kappa shape index (κ1) is 13.3. The lowest BCUT2D eigenvalue weighted by atomic mass is 9.97. The van der Waals surface area contributed by atoms with Crippen LogP contribution in [-0.2, 0) is 6.42 Å². The standard InChI is InChI=1S/C16H17NO2/c1-17-16(19)14-10-6-5-9-13(14)11-15(18)12-7-3-2-4-8-12/h2-10,15,18H,11H2,1H3,(H,17,19)/t15-/m1/s1. The van der Waals surface area contributed by atoms with Crippen LogP contribution in [0.15, 0.2) is 54.6 Å². The molecule has 0 radical (unpaired) electrons. The number of hydrogen-bond donors (Lipinski definition) is 2. The van der Waals surface area contributed by atoms with Crippen LogP contribution in [0.4, 0.5) is 0 Å². The first-order valence-electron chi connectivity index (χ1n) is 6.25. The summed E-state index contributed by atoms with van der Waals surface area (Å²) in [4.78, 5) is 11.8. The molecule has 19 heavy (non-hydrogen) atoms. The van der Waals surface area contributed by atoms with Gasteiger partial charge in [0.25, 0.3) is 5.91 Å². The lowest BCUT2D eigenvalue weighted by molar-refractivity contribution is 0.0961. The molecule has 2 aromatic carbocycles. The molecule has 0 bridgehead atoms. The summed E-state index contributed by atoms with van der Waals surface area (Å²) in [5, 5.41) is 12.8. The third-order valence-electron chi connectivity index (χ3n) is 3.09. The molecule has 1 atom stereocenters. The summed E-state index contributed by atoms with van der Waals surface area (Å²) >= 11 is 0. The molecule has 2 rings (SSSR count). The van der Waals surface area contributed by atoms with E-state index in [1.807, 2.05) is 48.5 Å². The topological polar surface area (TPSA) is 49.3 Å². The normalized spacial score (nSPS) is 11.9. The van der Waals surface area contributed by atoms with Crippen LogP contribution in [0.3, 0.4) is 0 Å². The lowest BCUT2D eigenvalue weighted by Gasteiger charge is -2.13. The Morgan fingerprint density at radius 1 is 1.11 bits per heavy atom. The number of nitrogens with one attached hydrogen (secondary N) is 1. The van der Waals surface area contributed by atoms with Crippen molar-refractivity contribution in [1.82, 2.24) is 5.32 Å². The van der Waals surface area contributed by atoms with E-state index in [1.54, 1.807) is 13.1 Å². The summed E-state index contributed by atoms with van der Waals surface area (Å²) in [6.07, 6.45) is -0.180. The van der Waals surface area contributed by atoms with Gasteiger partial charge in [-0.1, -0.05) is 48.5 Å². The summed E-state index contributed by atoms with van der Waals surface area (Å²) in [6.45, 7) is 0. The monoisotopic (exact) mass is 255 g/mol. The predicted octanol–water partition coefficient (Wildman–Crippen LogP) is 2.32. The Labute approximate surface area is 112 Å². The minimum Gasteiger partial charge on any atom is -0.388 e. The molecule has 0 saturated heterocycles. The Hall–Kier alpha value is -2.13. The smallest absolute Gasteiger partial charge is 0.251 e. The van der Waals surface area contributed by atoms with Gasteiger partial charge in [-0.3, -0.25) is 4.79 Å². The number of carbonyl (C=O) groups excluding carboxylic acids is 1. The molecule has 0 saturated carbocycles. The quantitative estimate of drug-likeness (QED) is 0.881. The number of aliphatic hydroxyl groups excluding tert-OH is 1. The second kappa shape index (κ2) is 6.16. The molecule has 2 N–H and O–H groups in total. The molecule has 1 amide bonds. The van der Waals surface area contributed by atoms with Gasteiger partial charge in [-0.05, 0) is 17.2 Å². The summed E-state index contributed by atoms with van der Waals surface area (Å²) in [5.74, 6) is -0.129. The van der Waals surface area contributed by atoms with Crippen LogP contribution in [0.1, 0.15) is 27.6 Å². The average molecular weight is 255 g/mol. The molecule has 0 aromatic heterocycles. The molecular weight excluding hydrogens is 238 g/mol. The van der Waals surface area contributed by atoms with E-state index in [2.05, 4.69) is 5.32 Å². The van der Waals surface area contributed by atoms with Crippen LogP contribution < -0.4 is 5.32 Å². The molecule has 0 unspecified atom stereocenters. The Morgan fingerprint density at radius 3 is 2.42 bits per heavy atom. The molecule has 0 aliphatic carbocycles. The van der Waals surface area contributed by atoms with Gasteiger partial charge in [0.15, 0.2) is 0 Å². The highest BCUT2D eigenvalue weighted by Gasteiger charge is 2.14. The summed E-state index contributed by atoms with van der Waals surface area (Å²) in [6, 6.07) is 16.8. The lowest BCUT2D eigenvalue weighted by Crippen LogP contribution is -2.20. The van der Waals surface area contributed by atoms with E-state index in [1.165, 1.54) is 0 Å². The fourth-order valence-corrected chi connectivity index (χ4v) is 2.06. The van der Waals surface area contributed by atoms with Crippen LogP contribution >= 0.6 is 0 Å². The number of carbonyl (C=O) groups is 1. The van der Waals surface area contributed by atoms with Crippen molar-refractivity contribution in [3.05, 3.63) is 71.3 Å². The zero-order chi connectivity index (χ0) is 13.7. The molecule has 0 fully saturated rings. The summed E-state index contributed by atoms with van der Waals surface area (Å²) in [5.41, 5.74) is 2.31. The second-order valence-electron chi connectivity index (χ2n) is 4.37. The molecule has 2 aromatic rings. The van der Waals surface area contributed by atoms with Crippen molar-refractivity contribution in [3.63, 3.8) is 0 Å². The van der Waals surface area contributed by atoms with E-state index >= 15 is 0 Å². The average Bonchev–Trinajstić information content (AvgIpc) is 2.48. The highest BCUT2D eigenvalue weighted by molar-refractivity contribution is 5.95. The largest absolute Gasteiger partial charge is 0.388 e. The van der Waals surface area contributed by atoms with Crippen LogP contribution in [0.2, 0.25) is 0 Å². The molecule has 0 aliphatic heterocycles. The van der Waals surface area contributed by atoms with Gasteiger partial charge in [0, 0.05) is 19.0 Å². The molecule has 3 nitrogen and oxygen atoms in total. The molecule has 0 spiro atoms. The fourth-order valence-electron chi connectivity index (χ4n) is 2.06. The Bertz CT molecular complexity index is 552. The minimum absolute atomic E-state index is 0.129. The van der Waals surface area contributed by atoms with Gasteiger partial charge < -0.3 is 10.4 Å².